The zero-order chi connectivity index (χ0) is 46.3. The maximum Gasteiger partial charge on any atom is 0.417 e. The fourth-order valence-corrected chi connectivity index (χ4v) is 17.0. The van der Waals surface area contributed by atoms with Gasteiger partial charge in [0.15, 0.2) is 0 Å². The molecule has 66 heavy (non-hydrogen) atoms. The van der Waals surface area contributed by atoms with Crippen LogP contribution in [-0.4, -0.2) is 84.4 Å². The monoisotopic (exact) mass is 912 g/mol. The number of hydrogen-bond donors (Lipinski definition) is 0. The van der Waals surface area contributed by atoms with Gasteiger partial charge in [0, 0.05) is 7.05 Å². The lowest BCUT2D eigenvalue weighted by atomic mass is 9.59. The lowest BCUT2D eigenvalue weighted by Crippen LogP contribution is -2.59. The molecule has 4 aliphatic heterocycles. The van der Waals surface area contributed by atoms with E-state index in [1.807, 2.05) is 13.0 Å². The number of alkyl halides is 3. The molecule has 17 atom stereocenters. The van der Waals surface area contributed by atoms with E-state index in [1.165, 1.54) is 17.0 Å². The van der Waals surface area contributed by atoms with Crippen LogP contribution in [0.25, 0.3) is 11.1 Å². The number of likely N-dealkylation sites (tertiary alicyclic amines) is 1. The fourth-order valence-electron chi connectivity index (χ4n) is 17.0. The topological polar surface area (TPSA) is 112 Å². The molecule has 1 spiro atoms. The average Bonchev–Trinajstić information content (AvgIpc) is 3.80. The highest BCUT2D eigenvalue weighted by Gasteiger charge is 2.71. The molecule has 12 rings (SSSR count). The molecule has 0 aromatic heterocycles. The second kappa shape index (κ2) is 14.5. The number of ether oxygens (including phenoxy) is 4. The van der Waals surface area contributed by atoms with Crippen LogP contribution in [0.3, 0.4) is 0 Å². The molecule has 4 saturated heterocycles. The lowest BCUT2D eigenvalue weighted by molar-refractivity contribution is -0.266. The number of amides is 4. The second-order valence-electron chi connectivity index (χ2n) is 23.9. The number of anilines is 1. The number of hydrogen-bond acceptors (Lipinski definition) is 8. The van der Waals surface area contributed by atoms with E-state index in [9.17, 15) is 32.3 Å². The minimum absolute atomic E-state index is 0.0114. The van der Waals surface area contributed by atoms with Gasteiger partial charge >= 0.3 is 6.18 Å². The van der Waals surface area contributed by atoms with Crippen LogP contribution in [0.15, 0.2) is 36.4 Å². The van der Waals surface area contributed by atoms with E-state index in [0.29, 0.717) is 54.1 Å². The molecule has 2 aromatic carbocycles. The van der Waals surface area contributed by atoms with Gasteiger partial charge in [0.05, 0.1) is 83.8 Å². The van der Waals surface area contributed by atoms with Crippen molar-refractivity contribution < 1.29 is 51.3 Å². The standard InChI is InChI=1S/C53H63F3N2O8/c1-24-8-10-27(25(2)12-24)28-11-9-26(13-33(28)53(54,55)56)58-48(61)31-16-40-41(17-32(31)49(58)62)66-45-21-37-35(19-43(45)64-40)51(5,6)23-52(37)22-50(3,4)34-18-42-44(20-36(34)52)65-39-15-30-29(14-38(39)63-42)46(59)57(7)47(30)60/h8-13,29-32,34-45H,14-23H2,1-7H3. The Bertz CT molecular complexity index is 2430. The summed E-state index contributed by atoms with van der Waals surface area (Å²) in [5, 5.41) is 0. The molecule has 6 aliphatic carbocycles. The number of fused-ring (bicyclic) bond motifs is 10. The summed E-state index contributed by atoms with van der Waals surface area (Å²) in [6.07, 6.45) is 1.08. The third-order valence-electron chi connectivity index (χ3n) is 19.6. The van der Waals surface area contributed by atoms with Gasteiger partial charge in [0.25, 0.3) is 0 Å². The van der Waals surface area contributed by atoms with E-state index in [4.69, 9.17) is 18.9 Å². The Hall–Kier alpha value is -3.65. The predicted molar refractivity (Wildman–Crippen MR) is 235 cm³/mol. The van der Waals surface area contributed by atoms with Crippen LogP contribution in [0.2, 0.25) is 0 Å². The zero-order valence-electron chi connectivity index (χ0n) is 39.1. The number of carbonyl (C=O) groups excluding carboxylic acids is 4. The number of aryl methyl sites for hydroxylation is 2. The minimum atomic E-state index is -4.71. The summed E-state index contributed by atoms with van der Waals surface area (Å²) < 4.78 is 72.2. The van der Waals surface area contributed by atoms with Crippen LogP contribution in [-0.2, 0) is 44.3 Å². The predicted octanol–water partition coefficient (Wildman–Crippen LogP) is 8.85. The van der Waals surface area contributed by atoms with Gasteiger partial charge in [-0.1, -0.05) is 57.5 Å². The summed E-state index contributed by atoms with van der Waals surface area (Å²) >= 11 is 0. The first-order valence-corrected chi connectivity index (χ1v) is 24.7. The van der Waals surface area contributed by atoms with Crippen LogP contribution in [0.1, 0.15) is 109 Å². The van der Waals surface area contributed by atoms with Crippen molar-refractivity contribution in [2.45, 2.75) is 161 Å². The molecule has 13 heteroatoms. The van der Waals surface area contributed by atoms with Gasteiger partial charge in [0.2, 0.25) is 23.6 Å². The summed E-state index contributed by atoms with van der Waals surface area (Å²) in [6, 6.07) is 9.13. The van der Waals surface area contributed by atoms with Crippen LogP contribution in [0.4, 0.5) is 18.9 Å². The first kappa shape index (κ1) is 43.6. The summed E-state index contributed by atoms with van der Waals surface area (Å²) in [5.41, 5.74) is 1.34. The number of benzene rings is 2. The zero-order valence-corrected chi connectivity index (χ0v) is 39.1. The maximum atomic E-state index is 14.7. The van der Waals surface area contributed by atoms with Crippen molar-refractivity contribution in [1.29, 1.82) is 0 Å². The highest BCUT2D eigenvalue weighted by Crippen LogP contribution is 2.75. The fraction of sp³-hybridized carbons (Fsp3) is 0.698. The normalized spacial score (nSPS) is 44.0. The van der Waals surface area contributed by atoms with Crippen LogP contribution < -0.4 is 4.90 Å². The Kier molecular flexibility index (Phi) is 9.55. The van der Waals surface area contributed by atoms with E-state index < -0.39 is 41.5 Å². The first-order chi connectivity index (χ1) is 31.1. The molecule has 4 heterocycles. The molecule has 10 fully saturated rings. The molecule has 354 valence electrons. The smallest absolute Gasteiger partial charge is 0.370 e. The highest BCUT2D eigenvalue weighted by atomic mass is 19.4. The molecule has 10 nitrogen and oxygen atoms in total. The molecular formula is C53H63F3N2O8. The summed E-state index contributed by atoms with van der Waals surface area (Å²) in [7, 11) is 1.59. The van der Waals surface area contributed by atoms with Crippen molar-refractivity contribution in [1.82, 2.24) is 4.90 Å². The number of imide groups is 2. The van der Waals surface area contributed by atoms with Gasteiger partial charge in [0.1, 0.15) is 0 Å². The molecule has 0 bridgehead atoms. The molecular weight excluding hydrogens is 850 g/mol. The van der Waals surface area contributed by atoms with Gasteiger partial charge in [-0.3, -0.25) is 29.0 Å². The molecule has 4 amide bonds. The van der Waals surface area contributed by atoms with Crippen molar-refractivity contribution in [3.8, 4) is 11.1 Å². The van der Waals surface area contributed by atoms with E-state index in [2.05, 4.69) is 27.7 Å². The Labute approximate surface area is 385 Å². The Balaban J connectivity index is 0.777. The summed E-state index contributed by atoms with van der Waals surface area (Å²) in [5.74, 6) is -1.53. The van der Waals surface area contributed by atoms with E-state index in [0.717, 1.165) is 55.1 Å². The minimum Gasteiger partial charge on any atom is -0.370 e. The quantitative estimate of drug-likeness (QED) is 0.275. The third kappa shape index (κ3) is 6.26. The largest absolute Gasteiger partial charge is 0.417 e. The molecule has 2 aromatic rings. The Morgan fingerprint density at radius 2 is 0.924 bits per heavy atom. The maximum absolute atomic E-state index is 14.7. The third-order valence-corrected chi connectivity index (χ3v) is 19.6. The van der Waals surface area contributed by atoms with Crippen molar-refractivity contribution >= 4 is 29.3 Å². The number of carbonyl (C=O) groups is 4. The van der Waals surface area contributed by atoms with Crippen molar-refractivity contribution in [2.75, 3.05) is 11.9 Å². The number of rotatable bonds is 2. The molecule has 6 saturated carbocycles. The highest BCUT2D eigenvalue weighted by molar-refractivity contribution is 6.22. The average molecular weight is 913 g/mol. The van der Waals surface area contributed by atoms with E-state index in [-0.39, 0.29) is 100 Å². The molecule has 0 radical (unpaired) electrons. The number of halogens is 3. The van der Waals surface area contributed by atoms with Crippen LogP contribution in [0, 0.1) is 77.4 Å². The van der Waals surface area contributed by atoms with Gasteiger partial charge in [-0.25, -0.2) is 0 Å². The second-order valence-corrected chi connectivity index (χ2v) is 23.9. The van der Waals surface area contributed by atoms with Crippen LogP contribution >= 0.6 is 0 Å². The van der Waals surface area contributed by atoms with Gasteiger partial charge < -0.3 is 18.9 Å². The van der Waals surface area contributed by atoms with Gasteiger partial charge in [-0.15, -0.1) is 0 Å². The van der Waals surface area contributed by atoms with Gasteiger partial charge in [-0.2, -0.15) is 13.2 Å². The Morgan fingerprint density at radius 3 is 1.35 bits per heavy atom. The van der Waals surface area contributed by atoms with Crippen molar-refractivity contribution in [3.63, 3.8) is 0 Å². The van der Waals surface area contributed by atoms with Crippen molar-refractivity contribution in [3.05, 3.63) is 53.1 Å². The molecule has 10 aliphatic rings. The summed E-state index contributed by atoms with van der Waals surface area (Å²) in [4.78, 5) is 56.7. The molecule has 0 N–H and O–H groups in total. The SMILES string of the molecule is Cc1ccc(-c2ccc(N3C(=O)C4CC5OC6CC7C(CC6OC5CC4C3=O)C3(CC(C)(C)C4CC5OC6CC8C(=O)N(C)C(=O)C8CC6OC5CC43)CC7(C)C)cc2C(F)(F)F)c(C)c1. The molecule has 17 unspecified atom stereocenters. The van der Waals surface area contributed by atoms with Crippen molar-refractivity contribution in [2.24, 2.45) is 63.6 Å². The van der Waals surface area contributed by atoms with Crippen LogP contribution in [0.5, 0.6) is 0 Å². The summed E-state index contributed by atoms with van der Waals surface area (Å²) in [6.45, 7) is 13.4. The number of nitrogens with zero attached hydrogens (tertiary/aromatic N) is 2. The van der Waals surface area contributed by atoms with Gasteiger partial charge in [-0.05, 0) is 147 Å². The van der Waals surface area contributed by atoms with E-state index in [1.54, 1.807) is 26.1 Å². The Morgan fingerprint density at radius 1 is 0.530 bits per heavy atom. The lowest BCUT2D eigenvalue weighted by Gasteiger charge is -2.54. The van der Waals surface area contributed by atoms with E-state index >= 15 is 0 Å². The first-order valence-electron chi connectivity index (χ1n) is 24.7.